The minimum atomic E-state index is 0.643. The predicted molar refractivity (Wildman–Crippen MR) is 78.1 cm³/mol. The largest absolute Gasteiger partial charge is 0.399 e. The van der Waals surface area contributed by atoms with Gasteiger partial charge in [0.15, 0.2) is 0 Å². The summed E-state index contributed by atoms with van der Waals surface area (Å²) in [5.74, 6) is 2.16. The molecule has 1 unspecified atom stereocenters. The summed E-state index contributed by atoms with van der Waals surface area (Å²) in [4.78, 5) is 11.1. The number of nitrogen functional groups attached to an aromatic ring is 1. The molecule has 2 N–H and O–H groups in total. The van der Waals surface area contributed by atoms with Gasteiger partial charge in [-0.2, -0.15) is 11.8 Å². The first-order chi connectivity index (χ1) is 8.74. The van der Waals surface area contributed by atoms with E-state index in [-0.39, 0.29) is 0 Å². The van der Waals surface area contributed by atoms with Gasteiger partial charge in [-0.25, -0.2) is 9.97 Å². The molecule has 94 valence electrons. The van der Waals surface area contributed by atoms with Crippen LogP contribution in [0.15, 0.2) is 24.5 Å². The van der Waals surface area contributed by atoms with Crippen molar-refractivity contribution in [2.45, 2.75) is 12.2 Å². The Balaban J connectivity index is 2.07. The maximum atomic E-state index is 5.87. The Kier molecular flexibility index (Phi) is 2.99. The van der Waals surface area contributed by atoms with Crippen LogP contribution >= 0.6 is 11.8 Å². The number of nitrogens with two attached hydrogens (primary N) is 1. The Morgan fingerprint density at radius 1 is 1.39 bits per heavy atom. The minimum absolute atomic E-state index is 0.643. The maximum Gasteiger partial charge on any atom is 0.140 e. The summed E-state index contributed by atoms with van der Waals surface area (Å²) in [7, 11) is 0. The normalized spacial score (nSPS) is 20.3. The molecule has 2 heterocycles. The number of anilines is 2. The van der Waals surface area contributed by atoms with Crippen molar-refractivity contribution in [3.8, 4) is 0 Å². The molecule has 18 heavy (non-hydrogen) atoms. The molecule has 0 saturated carbocycles. The maximum absolute atomic E-state index is 5.87. The van der Waals surface area contributed by atoms with Crippen LogP contribution in [0.1, 0.15) is 6.92 Å². The van der Waals surface area contributed by atoms with Crippen molar-refractivity contribution in [1.82, 2.24) is 9.97 Å². The van der Waals surface area contributed by atoms with Crippen molar-refractivity contribution in [2.75, 3.05) is 29.5 Å². The summed E-state index contributed by atoms with van der Waals surface area (Å²) in [6.45, 7) is 4.33. The second kappa shape index (κ2) is 4.65. The quantitative estimate of drug-likeness (QED) is 0.796. The van der Waals surface area contributed by atoms with Crippen LogP contribution in [-0.2, 0) is 0 Å². The van der Waals surface area contributed by atoms with Crippen LogP contribution in [0.5, 0.6) is 0 Å². The van der Waals surface area contributed by atoms with Crippen LogP contribution in [-0.4, -0.2) is 34.1 Å². The van der Waals surface area contributed by atoms with Crippen molar-refractivity contribution in [1.29, 1.82) is 0 Å². The van der Waals surface area contributed by atoms with Crippen LogP contribution in [0.25, 0.3) is 10.9 Å². The summed E-state index contributed by atoms with van der Waals surface area (Å²) in [5.41, 5.74) is 7.59. The second-order valence-corrected chi connectivity index (χ2v) is 6.15. The lowest BCUT2D eigenvalue weighted by Gasteiger charge is -2.32. The summed E-state index contributed by atoms with van der Waals surface area (Å²) in [5, 5.41) is 1.70. The summed E-state index contributed by atoms with van der Waals surface area (Å²) in [6.07, 6.45) is 1.64. The molecule has 0 radical (unpaired) electrons. The van der Waals surface area contributed by atoms with Crippen LogP contribution in [0, 0.1) is 0 Å². The highest BCUT2D eigenvalue weighted by Crippen LogP contribution is 2.28. The first-order valence-corrected chi connectivity index (χ1v) is 7.16. The van der Waals surface area contributed by atoms with E-state index in [0.29, 0.717) is 5.25 Å². The zero-order chi connectivity index (χ0) is 12.5. The lowest BCUT2D eigenvalue weighted by Crippen LogP contribution is -2.37. The Hall–Kier alpha value is -1.49. The van der Waals surface area contributed by atoms with E-state index >= 15 is 0 Å². The predicted octanol–water partition coefficient (Wildman–Crippen LogP) is 2.15. The van der Waals surface area contributed by atoms with Crippen molar-refractivity contribution >= 4 is 34.2 Å². The van der Waals surface area contributed by atoms with E-state index < -0.39 is 0 Å². The summed E-state index contributed by atoms with van der Waals surface area (Å²) >= 11 is 2.02. The minimum Gasteiger partial charge on any atom is -0.399 e. The Labute approximate surface area is 111 Å². The molecule has 1 aliphatic rings. The van der Waals surface area contributed by atoms with E-state index in [1.165, 1.54) is 0 Å². The molecule has 3 rings (SSSR count). The number of thioether (sulfide) groups is 1. The molecule has 1 atom stereocenters. The van der Waals surface area contributed by atoms with Gasteiger partial charge in [0.1, 0.15) is 12.1 Å². The van der Waals surface area contributed by atoms with Gasteiger partial charge in [-0.3, -0.25) is 0 Å². The highest BCUT2D eigenvalue weighted by atomic mass is 32.2. The van der Waals surface area contributed by atoms with E-state index in [1.807, 2.05) is 30.0 Å². The number of aromatic nitrogens is 2. The average Bonchev–Trinajstić information content (AvgIpc) is 2.38. The van der Waals surface area contributed by atoms with Gasteiger partial charge in [-0.1, -0.05) is 6.92 Å². The van der Waals surface area contributed by atoms with Gasteiger partial charge >= 0.3 is 0 Å². The van der Waals surface area contributed by atoms with Crippen LogP contribution < -0.4 is 10.6 Å². The molecule has 1 aromatic carbocycles. The van der Waals surface area contributed by atoms with E-state index in [0.717, 1.165) is 41.3 Å². The molecule has 1 fully saturated rings. The second-order valence-electron chi connectivity index (χ2n) is 4.60. The zero-order valence-electron chi connectivity index (χ0n) is 10.3. The number of fused-ring (bicyclic) bond motifs is 1. The van der Waals surface area contributed by atoms with E-state index in [9.17, 15) is 0 Å². The molecule has 1 aliphatic heterocycles. The average molecular weight is 260 g/mol. The van der Waals surface area contributed by atoms with Crippen molar-refractivity contribution < 1.29 is 0 Å². The fourth-order valence-corrected chi connectivity index (χ4v) is 3.34. The zero-order valence-corrected chi connectivity index (χ0v) is 11.2. The van der Waals surface area contributed by atoms with Crippen LogP contribution in [0.3, 0.4) is 0 Å². The van der Waals surface area contributed by atoms with E-state index in [2.05, 4.69) is 21.8 Å². The number of benzene rings is 1. The lowest BCUT2D eigenvalue weighted by molar-refractivity contribution is 0.772. The van der Waals surface area contributed by atoms with Gasteiger partial charge in [0, 0.05) is 35.2 Å². The Morgan fingerprint density at radius 3 is 3.11 bits per heavy atom. The van der Waals surface area contributed by atoms with Gasteiger partial charge in [0.05, 0.1) is 5.52 Å². The van der Waals surface area contributed by atoms with Crippen LogP contribution in [0.2, 0.25) is 0 Å². The fourth-order valence-electron chi connectivity index (χ4n) is 2.32. The number of hydrogen-bond donors (Lipinski definition) is 1. The highest BCUT2D eigenvalue weighted by molar-refractivity contribution is 8.00. The first kappa shape index (κ1) is 11.6. The third kappa shape index (κ3) is 2.10. The molecule has 2 aromatic rings. The Bertz CT molecular complexity index is 572. The SMILES string of the molecule is CC1CN(c2ncnc3ccc(N)cc23)CCS1. The van der Waals surface area contributed by atoms with Crippen molar-refractivity contribution in [3.63, 3.8) is 0 Å². The van der Waals surface area contributed by atoms with Gasteiger partial charge in [0.2, 0.25) is 0 Å². The van der Waals surface area contributed by atoms with Gasteiger partial charge in [-0.05, 0) is 18.2 Å². The van der Waals surface area contributed by atoms with Gasteiger partial charge in [0.25, 0.3) is 0 Å². The summed E-state index contributed by atoms with van der Waals surface area (Å²) in [6, 6.07) is 5.81. The molecule has 1 aromatic heterocycles. The lowest BCUT2D eigenvalue weighted by atomic mass is 10.2. The third-order valence-corrected chi connectivity index (χ3v) is 4.32. The smallest absolute Gasteiger partial charge is 0.140 e. The molecule has 0 aliphatic carbocycles. The van der Waals surface area contributed by atoms with Crippen molar-refractivity contribution in [2.24, 2.45) is 0 Å². The summed E-state index contributed by atoms with van der Waals surface area (Å²) < 4.78 is 0. The van der Waals surface area contributed by atoms with Crippen LogP contribution in [0.4, 0.5) is 11.5 Å². The van der Waals surface area contributed by atoms with Gasteiger partial charge < -0.3 is 10.6 Å². The topological polar surface area (TPSA) is 55.0 Å². The fraction of sp³-hybridized carbons (Fsp3) is 0.385. The Morgan fingerprint density at radius 2 is 2.28 bits per heavy atom. The number of rotatable bonds is 1. The molecular formula is C13H16N4S. The van der Waals surface area contributed by atoms with Gasteiger partial charge in [-0.15, -0.1) is 0 Å². The molecule has 0 spiro atoms. The van der Waals surface area contributed by atoms with Crippen molar-refractivity contribution in [3.05, 3.63) is 24.5 Å². The monoisotopic (exact) mass is 260 g/mol. The molecule has 5 heteroatoms. The van der Waals surface area contributed by atoms with E-state index in [1.54, 1.807) is 6.33 Å². The molecule has 0 amide bonds. The highest BCUT2D eigenvalue weighted by Gasteiger charge is 2.19. The standard InChI is InChI=1S/C13H16N4S/c1-9-7-17(4-5-18-9)13-11-6-10(14)2-3-12(11)15-8-16-13/h2-3,6,8-9H,4-5,7,14H2,1H3. The third-order valence-electron chi connectivity index (χ3n) is 3.18. The number of hydrogen-bond acceptors (Lipinski definition) is 5. The molecule has 1 saturated heterocycles. The molecule has 4 nitrogen and oxygen atoms in total. The molecule has 0 bridgehead atoms. The van der Waals surface area contributed by atoms with E-state index in [4.69, 9.17) is 5.73 Å². The molecular weight excluding hydrogens is 244 g/mol. The number of nitrogens with zero attached hydrogens (tertiary/aromatic N) is 3. The first-order valence-electron chi connectivity index (χ1n) is 6.11.